The minimum absolute atomic E-state index is 0.272. The molecule has 2 N–H and O–H groups in total. The highest BCUT2D eigenvalue weighted by molar-refractivity contribution is 6.42. The van der Waals surface area contributed by atoms with Gasteiger partial charge in [0.25, 0.3) is 11.8 Å². The molecule has 0 aromatic heterocycles. The molecule has 6 heteroatoms. The van der Waals surface area contributed by atoms with Gasteiger partial charge in [-0.2, -0.15) is 0 Å². The van der Waals surface area contributed by atoms with Gasteiger partial charge in [-0.3, -0.25) is 20.4 Å². The first-order valence-corrected chi connectivity index (χ1v) is 6.44. The molecule has 0 spiro atoms. The lowest BCUT2D eigenvalue weighted by molar-refractivity contribution is 0.0846. The summed E-state index contributed by atoms with van der Waals surface area (Å²) in [6, 6.07) is 13.0. The van der Waals surface area contributed by atoms with E-state index in [0.717, 1.165) is 0 Å². The predicted octanol–water partition coefficient (Wildman–Crippen LogP) is 3.07. The Balaban J connectivity index is 1.98. The number of benzene rings is 2. The number of hydrogen-bond acceptors (Lipinski definition) is 2. The van der Waals surface area contributed by atoms with Gasteiger partial charge >= 0.3 is 0 Å². The molecule has 0 aliphatic carbocycles. The zero-order valence-electron chi connectivity index (χ0n) is 10.2. The summed E-state index contributed by atoms with van der Waals surface area (Å²) in [5.74, 6) is -0.883. The molecule has 0 bridgehead atoms. The maximum Gasteiger partial charge on any atom is 0.269 e. The van der Waals surface area contributed by atoms with Crippen LogP contribution in [0.25, 0.3) is 0 Å². The van der Waals surface area contributed by atoms with Crippen LogP contribution >= 0.6 is 23.2 Å². The molecule has 0 fully saturated rings. The Morgan fingerprint density at radius 1 is 0.750 bits per heavy atom. The quantitative estimate of drug-likeness (QED) is 0.838. The van der Waals surface area contributed by atoms with Crippen molar-refractivity contribution >= 4 is 35.0 Å². The van der Waals surface area contributed by atoms with Gasteiger partial charge in [0.2, 0.25) is 0 Å². The van der Waals surface area contributed by atoms with Gasteiger partial charge in [0.1, 0.15) is 0 Å². The molecule has 0 saturated carbocycles. The minimum Gasteiger partial charge on any atom is -0.267 e. The van der Waals surface area contributed by atoms with Crippen molar-refractivity contribution in [2.24, 2.45) is 0 Å². The van der Waals surface area contributed by atoms with Crippen molar-refractivity contribution in [2.45, 2.75) is 0 Å². The normalized spacial score (nSPS) is 9.90. The second-order valence-corrected chi connectivity index (χ2v) is 4.72. The third-order valence-electron chi connectivity index (χ3n) is 2.51. The summed E-state index contributed by atoms with van der Waals surface area (Å²) in [7, 11) is 0. The van der Waals surface area contributed by atoms with Crippen molar-refractivity contribution in [1.29, 1.82) is 0 Å². The van der Waals surface area contributed by atoms with E-state index >= 15 is 0 Å². The molecule has 2 amide bonds. The molecule has 0 aliphatic heterocycles. The minimum atomic E-state index is -0.479. The molecule has 0 saturated heterocycles. The maximum absolute atomic E-state index is 11.8. The fraction of sp³-hybridized carbons (Fsp3) is 0. The number of carbonyl (C=O) groups is 2. The fourth-order valence-electron chi connectivity index (χ4n) is 1.48. The van der Waals surface area contributed by atoms with Gasteiger partial charge < -0.3 is 0 Å². The van der Waals surface area contributed by atoms with Gasteiger partial charge in [-0.15, -0.1) is 0 Å². The number of amides is 2. The van der Waals surface area contributed by atoms with Gasteiger partial charge in [0, 0.05) is 11.1 Å². The summed E-state index contributed by atoms with van der Waals surface area (Å²) in [5, 5.41) is 0.630. The highest BCUT2D eigenvalue weighted by atomic mass is 35.5. The molecule has 2 aromatic carbocycles. The zero-order chi connectivity index (χ0) is 14.5. The second kappa shape index (κ2) is 6.41. The monoisotopic (exact) mass is 308 g/mol. The summed E-state index contributed by atoms with van der Waals surface area (Å²) < 4.78 is 0. The second-order valence-electron chi connectivity index (χ2n) is 3.90. The van der Waals surface area contributed by atoms with E-state index in [9.17, 15) is 9.59 Å². The van der Waals surface area contributed by atoms with Crippen LogP contribution in [0.3, 0.4) is 0 Å². The van der Waals surface area contributed by atoms with Crippen LogP contribution in [0, 0.1) is 0 Å². The van der Waals surface area contributed by atoms with Gasteiger partial charge in [0.15, 0.2) is 0 Å². The summed E-state index contributed by atoms with van der Waals surface area (Å²) in [4.78, 5) is 23.5. The van der Waals surface area contributed by atoms with Crippen molar-refractivity contribution in [2.75, 3.05) is 0 Å². The molecular formula is C14H10Cl2N2O2. The number of nitrogens with one attached hydrogen (secondary N) is 2. The predicted molar refractivity (Wildman–Crippen MR) is 77.8 cm³/mol. The van der Waals surface area contributed by atoms with E-state index in [2.05, 4.69) is 10.9 Å². The molecule has 2 aromatic rings. The van der Waals surface area contributed by atoms with Gasteiger partial charge in [-0.1, -0.05) is 41.4 Å². The first-order valence-electron chi connectivity index (χ1n) is 5.68. The maximum atomic E-state index is 11.8. The molecule has 20 heavy (non-hydrogen) atoms. The van der Waals surface area contributed by atoms with E-state index in [0.29, 0.717) is 16.1 Å². The van der Waals surface area contributed by atoms with E-state index < -0.39 is 11.8 Å². The van der Waals surface area contributed by atoms with Crippen LogP contribution in [-0.2, 0) is 0 Å². The van der Waals surface area contributed by atoms with Crippen LogP contribution < -0.4 is 10.9 Å². The Morgan fingerprint density at radius 3 is 1.95 bits per heavy atom. The Hall–Kier alpha value is -2.04. The first-order chi connectivity index (χ1) is 9.58. The topological polar surface area (TPSA) is 58.2 Å². The Kier molecular flexibility index (Phi) is 4.61. The van der Waals surface area contributed by atoms with Crippen molar-refractivity contribution in [3.05, 3.63) is 69.7 Å². The van der Waals surface area contributed by atoms with Crippen LogP contribution in [0.15, 0.2) is 48.5 Å². The molecular weight excluding hydrogens is 299 g/mol. The van der Waals surface area contributed by atoms with Crippen LogP contribution in [0.1, 0.15) is 20.7 Å². The van der Waals surface area contributed by atoms with Crippen molar-refractivity contribution in [3.8, 4) is 0 Å². The van der Waals surface area contributed by atoms with Crippen LogP contribution in [0.4, 0.5) is 0 Å². The smallest absolute Gasteiger partial charge is 0.267 e. The molecule has 0 aliphatic rings. The summed E-state index contributed by atoms with van der Waals surface area (Å²) in [6.07, 6.45) is 0. The highest BCUT2D eigenvalue weighted by Gasteiger charge is 2.10. The van der Waals surface area contributed by atoms with Crippen molar-refractivity contribution in [1.82, 2.24) is 10.9 Å². The molecule has 0 radical (unpaired) electrons. The number of hydrogen-bond donors (Lipinski definition) is 2. The molecule has 0 unspecified atom stereocenters. The lowest BCUT2D eigenvalue weighted by atomic mass is 10.2. The number of hydrazine groups is 1. The first kappa shape index (κ1) is 14.4. The van der Waals surface area contributed by atoms with Gasteiger partial charge in [-0.05, 0) is 30.3 Å². The lowest BCUT2D eigenvalue weighted by Gasteiger charge is -2.08. The van der Waals surface area contributed by atoms with Crippen LogP contribution in [-0.4, -0.2) is 11.8 Å². The van der Waals surface area contributed by atoms with Gasteiger partial charge in [-0.25, -0.2) is 0 Å². The largest absolute Gasteiger partial charge is 0.269 e. The third-order valence-corrected chi connectivity index (χ3v) is 3.25. The lowest BCUT2D eigenvalue weighted by Crippen LogP contribution is -2.41. The highest BCUT2D eigenvalue weighted by Crippen LogP contribution is 2.22. The Labute approximate surface area is 125 Å². The Bertz CT molecular complexity index is 645. The number of halogens is 2. The SMILES string of the molecule is O=C(NNC(=O)c1ccc(Cl)c(Cl)c1)c1ccccc1. The van der Waals surface area contributed by atoms with Crippen molar-refractivity contribution < 1.29 is 9.59 Å². The van der Waals surface area contributed by atoms with E-state index in [1.807, 2.05) is 0 Å². The van der Waals surface area contributed by atoms with Crippen molar-refractivity contribution in [3.63, 3.8) is 0 Å². The summed E-state index contributed by atoms with van der Waals surface area (Å²) in [6.45, 7) is 0. The standard InChI is InChI=1S/C14H10Cl2N2O2/c15-11-7-6-10(8-12(11)16)14(20)18-17-13(19)9-4-2-1-3-5-9/h1-8H,(H,17,19)(H,18,20). The molecule has 4 nitrogen and oxygen atoms in total. The molecule has 0 heterocycles. The molecule has 102 valence electrons. The average Bonchev–Trinajstić information content (AvgIpc) is 2.48. The van der Waals surface area contributed by atoms with E-state index in [1.165, 1.54) is 18.2 Å². The third kappa shape index (κ3) is 3.50. The van der Waals surface area contributed by atoms with E-state index in [1.54, 1.807) is 30.3 Å². The summed E-state index contributed by atoms with van der Waals surface area (Å²) in [5.41, 5.74) is 5.37. The zero-order valence-corrected chi connectivity index (χ0v) is 11.7. The summed E-state index contributed by atoms with van der Waals surface area (Å²) >= 11 is 11.6. The average molecular weight is 309 g/mol. The Morgan fingerprint density at radius 2 is 1.35 bits per heavy atom. The van der Waals surface area contributed by atoms with Crippen LogP contribution in [0.5, 0.6) is 0 Å². The fourth-order valence-corrected chi connectivity index (χ4v) is 1.78. The van der Waals surface area contributed by atoms with E-state index in [-0.39, 0.29) is 5.02 Å². The van der Waals surface area contributed by atoms with Crippen LogP contribution in [0.2, 0.25) is 10.0 Å². The van der Waals surface area contributed by atoms with E-state index in [4.69, 9.17) is 23.2 Å². The molecule has 2 rings (SSSR count). The van der Waals surface area contributed by atoms with Gasteiger partial charge in [0.05, 0.1) is 10.0 Å². The molecule has 0 atom stereocenters. The number of rotatable bonds is 2. The number of carbonyl (C=O) groups excluding carboxylic acids is 2.